The molecule has 0 bridgehead atoms. The number of fused-ring (bicyclic) bond motifs is 1. The molecular weight excluding hydrogens is 424 g/mol. The summed E-state index contributed by atoms with van der Waals surface area (Å²) in [6.07, 6.45) is -0.420. The van der Waals surface area contributed by atoms with Crippen molar-refractivity contribution in [2.75, 3.05) is 5.32 Å². The number of nitrogens with zero attached hydrogens (tertiary/aromatic N) is 1. The highest BCUT2D eigenvalue weighted by molar-refractivity contribution is 6.06. The minimum Gasteiger partial charge on any atom is -0.444 e. The van der Waals surface area contributed by atoms with Crippen LogP contribution in [0.1, 0.15) is 51.3 Å². The summed E-state index contributed by atoms with van der Waals surface area (Å²) in [4.78, 5) is 31.7. The van der Waals surface area contributed by atoms with Crippen LogP contribution in [0.3, 0.4) is 0 Å². The summed E-state index contributed by atoms with van der Waals surface area (Å²) in [5.74, 6) is -0.948. The van der Waals surface area contributed by atoms with Crippen LogP contribution in [0, 0.1) is 20.8 Å². The van der Waals surface area contributed by atoms with Gasteiger partial charge in [0.05, 0.1) is 11.1 Å². The highest BCUT2D eigenvalue weighted by atomic mass is 16.5. The maximum Gasteiger partial charge on any atom is 0.340 e. The standard InChI is InChI=1S/C29H28N2O3/c1-5-23-20(4)26(22-13-9-10-14-24(22)30-23)29(33)34-27(21-11-7-6-8-12-21)28(32)31-25-17-18(2)15-16-19(25)3/h6-17,27H,5H2,1-4H3,(H,31,32). The number of ether oxygens (including phenoxy) is 1. The fourth-order valence-corrected chi connectivity index (χ4v) is 4.10. The number of aryl methyl sites for hydroxylation is 3. The Morgan fingerprint density at radius 2 is 1.65 bits per heavy atom. The summed E-state index contributed by atoms with van der Waals surface area (Å²) >= 11 is 0. The van der Waals surface area contributed by atoms with Crippen LogP contribution in [0.25, 0.3) is 10.9 Å². The van der Waals surface area contributed by atoms with Crippen LogP contribution in [-0.2, 0) is 16.0 Å². The highest BCUT2D eigenvalue weighted by Crippen LogP contribution is 2.28. The second-order valence-electron chi connectivity index (χ2n) is 8.43. The molecule has 0 aliphatic rings. The zero-order valence-electron chi connectivity index (χ0n) is 19.9. The molecule has 5 nitrogen and oxygen atoms in total. The number of pyridine rings is 1. The van der Waals surface area contributed by atoms with Crippen LogP contribution in [0.4, 0.5) is 5.69 Å². The smallest absolute Gasteiger partial charge is 0.340 e. The van der Waals surface area contributed by atoms with Crippen molar-refractivity contribution >= 4 is 28.5 Å². The van der Waals surface area contributed by atoms with Crippen LogP contribution in [0.15, 0.2) is 72.8 Å². The van der Waals surface area contributed by atoms with E-state index < -0.39 is 18.0 Å². The van der Waals surface area contributed by atoms with E-state index in [4.69, 9.17) is 9.72 Å². The first-order valence-electron chi connectivity index (χ1n) is 11.4. The molecule has 0 fully saturated rings. The minimum absolute atomic E-state index is 0.403. The average Bonchev–Trinajstić information content (AvgIpc) is 2.84. The molecular formula is C29H28N2O3. The van der Waals surface area contributed by atoms with Gasteiger partial charge in [0.15, 0.2) is 0 Å². The van der Waals surface area contributed by atoms with Crippen LogP contribution >= 0.6 is 0 Å². The SMILES string of the molecule is CCc1nc2ccccc2c(C(=O)OC(C(=O)Nc2cc(C)ccc2C)c2ccccc2)c1C. The lowest BCUT2D eigenvalue weighted by Crippen LogP contribution is -2.26. The molecule has 0 saturated carbocycles. The Bertz CT molecular complexity index is 1360. The summed E-state index contributed by atoms with van der Waals surface area (Å²) < 4.78 is 5.94. The van der Waals surface area contributed by atoms with Gasteiger partial charge in [-0.05, 0) is 56.0 Å². The quantitative estimate of drug-likeness (QED) is 0.351. The van der Waals surface area contributed by atoms with Crippen molar-refractivity contribution in [2.45, 2.75) is 40.2 Å². The third kappa shape index (κ3) is 4.69. The van der Waals surface area contributed by atoms with Crippen LogP contribution in [0.5, 0.6) is 0 Å². The Morgan fingerprint density at radius 3 is 2.38 bits per heavy atom. The van der Waals surface area contributed by atoms with Crippen LogP contribution in [0.2, 0.25) is 0 Å². The molecule has 34 heavy (non-hydrogen) atoms. The number of esters is 1. The van der Waals surface area contributed by atoms with E-state index in [1.54, 1.807) is 12.1 Å². The Kier molecular flexibility index (Phi) is 6.73. The fourth-order valence-electron chi connectivity index (χ4n) is 4.10. The predicted octanol–water partition coefficient (Wildman–Crippen LogP) is 6.26. The van der Waals surface area contributed by atoms with Gasteiger partial charge in [0.1, 0.15) is 0 Å². The monoisotopic (exact) mass is 452 g/mol. The molecule has 1 heterocycles. The van der Waals surface area contributed by atoms with E-state index >= 15 is 0 Å². The molecule has 0 spiro atoms. The van der Waals surface area contributed by atoms with Crippen molar-refractivity contribution < 1.29 is 14.3 Å². The van der Waals surface area contributed by atoms with Gasteiger partial charge in [-0.15, -0.1) is 0 Å². The summed E-state index contributed by atoms with van der Waals surface area (Å²) in [6, 6.07) is 22.4. The maximum absolute atomic E-state index is 13.6. The van der Waals surface area contributed by atoms with Gasteiger partial charge in [0.2, 0.25) is 6.10 Å². The second kappa shape index (κ2) is 9.87. The molecule has 0 aliphatic carbocycles. The molecule has 0 aliphatic heterocycles. The van der Waals surface area contributed by atoms with Crippen molar-refractivity contribution in [1.29, 1.82) is 0 Å². The van der Waals surface area contributed by atoms with Gasteiger partial charge in [0.25, 0.3) is 5.91 Å². The Balaban J connectivity index is 1.73. The molecule has 1 N–H and O–H groups in total. The molecule has 1 amide bonds. The zero-order chi connectivity index (χ0) is 24.2. The lowest BCUT2D eigenvalue weighted by atomic mass is 10.00. The molecule has 1 aromatic heterocycles. The second-order valence-corrected chi connectivity index (χ2v) is 8.43. The number of aromatic nitrogens is 1. The van der Waals surface area contributed by atoms with Gasteiger partial charge in [-0.1, -0.05) is 67.6 Å². The number of amides is 1. The van der Waals surface area contributed by atoms with Gasteiger partial charge < -0.3 is 10.1 Å². The summed E-state index contributed by atoms with van der Waals surface area (Å²) in [5.41, 5.74) is 6.04. The number of benzene rings is 3. The van der Waals surface area contributed by atoms with E-state index in [9.17, 15) is 9.59 Å². The van der Waals surface area contributed by atoms with Gasteiger partial charge in [-0.25, -0.2) is 4.79 Å². The van der Waals surface area contributed by atoms with E-state index in [1.807, 2.05) is 88.4 Å². The Labute approximate surface area is 199 Å². The van der Waals surface area contributed by atoms with Gasteiger partial charge >= 0.3 is 5.97 Å². The molecule has 5 heteroatoms. The lowest BCUT2D eigenvalue weighted by molar-refractivity contribution is -0.125. The van der Waals surface area contributed by atoms with Gasteiger partial charge in [-0.2, -0.15) is 0 Å². The molecule has 4 aromatic rings. The average molecular weight is 453 g/mol. The summed E-state index contributed by atoms with van der Waals surface area (Å²) in [6.45, 7) is 7.77. The van der Waals surface area contributed by atoms with E-state index in [0.717, 1.165) is 27.9 Å². The zero-order valence-corrected chi connectivity index (χ0v) is 19.9. The minimum atomic E-state index is -1.11. The molecule has 0 saturated heterocycles. The molecule has 4 rings (SSSR count). The fraction of sp³-hybridized carbons (Fsp3) is 0.207. The van der Waals surface area contributed by atoms with E-state index in [1.165, 1.54) is 0 Å². The number of rotatable bonds is 6. The first-order chi connectivity index (χ1) is 16.4. The van der Waals surface area contributed by atoms with E-state index in [0.29, 0.717) is 28.6 Å². The lowest BCUT2D eigenvalue weighted by Gasteiger charge is -2.20. The number of carbonyl (C=O) groups is 2. The van der Waals surface area contributed by atoms with Crippen LogP contribution < -0.4 is 5.32 Å². The number of para-hydroxylation sites is 1. The Hall–Kier alpha value is -3.99. The summed E-state index contributed by atoms with van der Waals surface area (Å²) in [5, 5.41) is 3.66. The molecule has 172 valence electrons. The molecule has 1 unspecified atom stereocenters. The number of anilines is 1. The van der Waals surface area contributed by atoms with Crippen LogP contribution in [-0.4, -0.2) is 16.9 Å². The highest BCUT2D eigenvalue weighted by Gasteiger charge is 2.28. The normalized spacial score (nSPS) is 11.8. The third-order valence-electron chi connectivity index (χ3n) is 5.99. The van der Waals surface area contributed by atoms with E-state index in [2.05, 4.69) is 5.32 Å². The molecule has 3 aromatic carbocycles. The largest absolute Gasteiger partial charge is 0.444 e. The Morgan fingerprint density at radius 1 is 0.941 bits per heavy atom. The first kappa shape index (κ1) is 23.2. The number of carbonyl (C=O) groups excluding carboxylic acids is 2. The van der Waals surface area contributed by atoms with Gasteiger partial charge in [-0.3, -0.25) is 9.78 Å². The predicted molar refractivity (Wildman–Crippen MR) is 135 cm³/mol. The van der Waals surface area contributed by atoms with Crippen molar-refractivity contribution in [3.63, 3.8) is 0 Å². The third-order valence-corrected chi connectivity index (χ3v) is 5.99. The van der Waals surface area contributed by atoms with Crippen molar-refractivity contribution in [3.8, 4) is 0 Å². The number of hydrogen-bond donors (Lipinski definition) is 1. The summed E-state index contributed by atoms with van der Waals surface area (Å²) in [7, 11) is 0. The number of nitrogens with one attached hydrogen (secondary N) is 1. The first-order valence-corrected chi connectivity index (χ1v) is 11.4. The van der Waals surface area contributed by atoms with Crippen molar-refractivity contribution in [1.82, 2.24) is 4.98 Å². The van der Waals surface area contributed by atoms with Gasteiger partial charge in [0, 0.05) is 22.3 Å². The van der Waals surface area contributed by atoms with E-state index in [-0.39, 0.29) is 0 Å². The topological polar surface area (TPSA) is 68.3 Å². The van der Waals surface area contributed by atoms with Crippen molar-refractivity contribution in [3.05, 3.63) is 106 Å². The van der Waals surface area contributed by atoms with Crippen molar-refractivity contribution in [2.24, 2.45) is 0 Å². The maximum atomic E-state index is 13.6. The molecule has 0 radical (unpaired) electrons. The number of hydrogen-bond acceptors (Lipinski definition) is 4. The molecule has 1 atom stereocenters.